The van der Waals surface area contributed by atoms with E-state index in [0.717, 1.165) is 39.0 Å². The molecule has 0 aliphatic carbocycles. The third kappa shape index (κ3) is 3.29. The molecule has 3 aromatic carbocycles. The Morgan fingerprint density at radius 3 is 2.70 bits per heavy atom. The quantitative estimate of drug-likeness (QED) is 0.518. The zero-order valence-corrected chi connectivity index (χ0v) is 16.3. The van der Waals surface area contributed by atoms with Crippen molar-refractivity contribution < 1.29 is 9.53 Å². The van der Waals surface area contributed by atoms with Crippen LogP contribution in [0.25, 0.3) is 22.2 Å². The Kier molecular flexibility index (Phi) is 4.45. The number of H-pyrrole nitrogens is 1. The molecule has 0 spiro atoms. The topological polar surface area (TPSA) is 58.2 Å². The van der Waals surface area contributed by atoms with E-state index in [0.29, 0.717) is 25.3 Å². The van der Waals surface area contributed by atoms with Crippen molar-refractivity contribution in [3.63, 3.8) is 0 Å². The predicted octanol–water partition coefficient (Wildman–Crippen LogP) is 4.25. The minimum atomic E-state index is -0.0284. The minimum Gasteiger partial charge on any atom is -0.491 e. The van der Waals surface area contributed by atoms with Gasteiger partial charge in [0.15, 0.2) is 0 Å². The maximum atomic E-state index is 13.0. The van der Waals surface area contributed by atoms with Crippen LogP contribution in [0.15, 0.2) is 67.0 Å². The van der Waals surface area contributed by atoms with Crippen LogP contribution in [-0.2, 0) is 6.54 Å². The number of amides is 1. The van der Waals surface area contributed by atoms with Gasteiger partial charge in [-0.3, -0.25) is 4.79 Å². The third-order valence-corrected chi connectivity index (χ3v) is 5.38. The Morgan fingerprint density at radius 1 is 1.07 bits per heavy atom. The van der Waals surface area contributed by atoms with Crippen molar-refractivity contribution in [2.75, 3.05) is 13.2 Å². The lowest BCUT2D eigenvalue weighted by Crippen LogP contribution is -2.32. The normalized spacial score (nSPS) is 13.2. The second-order valence-corrected chi connectivity index (χ2v) is 7.25. The Labute approximate surface area is 174 Å². The van der Waals surface area contributed by atoms with Crippen molar-refractivity contribution in [2.45, 2.75) is 6.54 Å². The number of terminal acetylenes is 1. The van der Waals surface area contributed by atoms with Crippen LogP contribution in [-0.4, -0.2) is 33.9 Å². The maximum Gasteiger partial charge on any atom is 0.254 e. The molecule has 146 valence electrons. The number of hydrogen-bond acceptors (Lipinski definition) is 3. The molecule has 0 atom stereocenters. The van der Waals surface area contributed by atoms with E-state index in [4.69, 9.17) is 11.2 Å². The fraction of sp³-hybridized carbons (Fsp3) is 0.120. The standard InChI is InChI=1S/C25H19N3O2/c1-2-17-3-5-18(6-4-17)25(29)28-11-12-30-24-10-8-19(13-21(24)15-28)20-7-9-22-23(14-20)27-16-26-22/h1,3-10,13-14,16H,11-12,15H2,(H,26,27). The van der Waals surface area contributed by atoms with Gasteiger partial charge in [-0.25, -0.2) is 4.98 Å². The van der Waals surface area contributed by atoms with Crippen molar-refractivity contribution in [1.29, 1.82) is 0 Å². The summed E-state index contributed by atoms with van der Waals surface area (Å²) >= 11 is 0. The first-order valence-corrected chi connectivity index (χ1v) is 9.76. The lowest BCUT2D eigenvalue weighted by molar-refractivity contribution is 0.0733. The molecule has 30 heavy (non-hydrogen) atoms. The second kappa shape index (κ2) is 7.41. The predicted molar refractivity (Wildman–Crippen MR) is 116 cm³/mol. The van der Waals surface area contributed by atoms with Crippen molar-refractivity contribution in [2.24, 2.45) is 0 Å². The van der Waals surface area contributed by atoms with Gasteiger partial charge in [0.1, 0.15) is 12.4 Å². The Morgan fingerprint density at radius 2 is 1.87 bits per heavy atom. The number of nitrogens with zero attached hydrogens (tertiary/aromatic N) is 2. The molecule has 0 saturated heterocycles. The molecule has 1 amide bonds. The minimum absolute atomic E-state index is 0.0284. The monoisotopic (exact) mass is 393 g/mol. The number of imidazole rings is 1. The molecule has 0 radical (unpaired) electrons. The zero-order valence-electron chi connectivity index (χ0n) is 16.3. The lowest BCUT2D eigenvalue weighted by atomic mass is 10.0. The number of fused-ring (bicyclic) bond motifs is 2. The fourth-order valence-electron chi connectivity index (χ4n) is 3.75. The molecule has 1 aliphatic heterocycles. The van der Waals surface area contributed by atoms with Gasteiger partial charge in [-0.2, -0.15) is 0 Å². The summed E-state index contributed by atoms with van der Waals surface area (Å²) in [5, 5.41) is 0. The van der Waals surface area contributed by atoms with Gasteiger partial charge in [-0.05, 0) is 59.7 Å². The molecule has 2 heterocycles. The highest BCUT2D eigenvalue weighted by molar-refractivity contribution is 5.94. The van der Waals surface area contributed by atoms with E-state index in [9.17, 15) is 4.79 Å². The Balaban J connectivity index is 1.45. The van der Waals surface area contributed by atoms with Crippen LogP contribution in [0.1, 0.15) is 21.5 Å². The SMILES string of the molecule is C#Cc1ccc(C(=O)N2CCOc3ccc(-c4ccc5nc[nH]c5c4)cc3C2)cc1. The first-order chi connectivity index (χ1) is 14.7. The molecule has 0 fully saturated rings. The summed E-state index contributed by atoms with van der Waals surface area (Å²) in [6.45, 7) is 1.48. The number of ether oxygens (including phenoxy) is 1. The van der Waals surface area contributed by atoms with Crippen LogP contribution in [0, 0.1) is 12.3 Å². The molecular formula is C25H19N3O2. The summed E-state index contributed by atoms with van der Waals surface area (Å²) in [5.41, 5.74) is 6.45. The van der Waals surface area contributed by atoms with Crippen molar-refractivity contribution in [3.05, 3.63) is 83.7 Å². The molecule has 1 aromatic heterocycles. The van der Waals surface area contributed by atoms with Crippen LogP contribution in [0.2, 0.25) is 0 Å². The number of hydrogen-bond donors (Lipinski definition) is 1. The molecule has 4 aromatic rings. The smallest absolute Gasteiger partial charge is 0.254 e. The summed E-state index contributed by atoms with van der Waals surface area (Å²) in [6, 6.07) is 19.4. The molecule has 0 bridgehead atoms. The first-order valence-electron chi connectivity index (χ1n) is 9.76. The van der Waals surface area contributed by atoms with E-state index in [-0.39, 0.29) is 5.91 Å². The Bertz CT molecular complexity index is 1280. The molecule has 5 nitrogen and oxygen atoms in total. The van der Waals surface area contributed by atoms with Crippen molar-refractivity contribution in [1.82, 2.24) is 14.9 Å². The third-order valence-electron chi connectivity index (χ3n) is 5.38. The second-order valence-electron chi connectivity index (χ2n) is 7.25. The van der Waals surface area contributed by atoms with Gasteiger partial charge in [-0.15, -0.1) is 6.42 Å². The van der Waals surface area contributed by atoms with E-state index >= 15 is 0 Å². The van der Waals surface area contributed by atoms with E-state index in [1.165, 1.54) is 0 Å². The fourth-order valence-corrected chi connectivity index (χ4v) is 3.75. The summed E-state index contributed by atoms with van der Waals surface area (Å²) in [5.74, 6) is 3.37. The number of aromatic nitrogens is 2. The number of rotatable bonds is 2. The van der Waals surface area contributed by atoms with Crippen LogP contribution in [0.3, 0.4) is 0 Å². The van der Waals surface area contributed by atoms with Gasteiger partial charge >= 0.3 is 0 Å². The average Bonchev–Trinajstić information content (AvgIpc) is 3.16. The van der Waals surface area contributed by atoms with E-state index in [2.05, 4.69) is 34.1 Å². The molecule has 5 heteroatoms. The van der Waals surface area contributed by atoms with Gasteiger partial charge in [0, 0.05) is 23.2 Å². The highest BCUT2D eigenvalue weighted by atomic mass is 16.5. The van der Waals surface area contributed by atoms with Gasteiger partial charge in [0.2, 0.25) is 0 Å². The highest BCUT2D eigenvalue weighted by Crippen LogP contribution is 2.30. The number of nitrogens with one attached hydrogen (secondary N) is 1. The van der Waals surface area contributed by atoms with Crippen molar-refractivity contribution in [3.8, 4) is 29.2 Å². The molecule has 1 N–H and O–H groups in total. The summed E-state index contributed by atoms with van der Waals surface area (Å²) < 4.78 is 5.91. The Hall–Kier alpha value is -4.04. The van der Waals surface area contributed by atoms with Crippen molar-refractivity contribution >= 4 is 16.9 Å². The molecular weight excluding hydrogens is 374 g/mol. The molecule has 0 unspecified atom stereocenters. The lowest BCUT2D eigenvalue weighted by Gasteiger charge is -2.20. The summed E-state index contributed by atoms with van der Waals surface area (Å²) in [4.78, 5) is 22.3. The number of carbonyl (C=O) groups is 1. The van der Waals surface area contributed by atoms with E-state index in [1.807, 2.05) is 23.1 Å². The summed E-state index contributed by atoms with van der Waals surface area (Å²) in [6.07, 6.45) is 7.11. The van der Waals surface area contributed by atoms with Gasteiger partial charge in [0.05, 0.1) is 23.9 Å². The van der Waals surface area contributed by atoms with Crippen LogP contribution < -0.4 is 4.74 Å². The van der Waals surface area contributed by atoms with Crippen LogP contribution in [0.4, 0.5) is 0 Å². The van der Waals surface area contributed by atoms with Crippen LogP contribution in [0.5, 0.6) is 5.75 Å². The molecule has 1 aliphatic rings. The van der Waals surface area contributed by atoms with Gasteiger partial charge in [-0.1, -0.05) is 18.1 Å². The van der Waals surface area contributed by atoms with Crippen LogP contribution >= 0.6 is 0 Å². The van der Waals surface area contributed by atoms with E-state index in [1.54, 1.807) is 30.6 Å². The highest BCUT2D eigenvalue weighted by Gasteiger charge is 2.21. The largest absolute Gasteiger partial charge is 0.491 e. The average molecular weight is 393 g/mol. The van der Waals surface area contributed by atoms with Gasteiger partial charge < -0.3 is 14.6 Å². The number of benzene rings is 3. The number of carbonyl (C=O) groups excluding carboxylic acids is 1. The molecule has 5 rings (SSSR count). The first kappa shape index (κ1) is 18.0. The van der Waals surface area contributed by atoms with Gasteiger partial charge in [0.25, 0.3) is 5.91 Å². The molecule has 0 saturated carbocycles. The van der Waals surface area contributed by atoms with E-state index < -0.39 is 0 Å². The maximum absolute atomic E-state index is 13.0. The zero-order chi connectivity index (χ0) is 20.5. The summed E-state index contributed by atoms with van der Waals surface area (Å²) in [7, 11) is 0. The number of aromatic amines is 1.